The second-order valence-electron chi connectivity index (χ2n) is 31.9. The minimum atomic E-state index is 0.845. The Balaban J connectivity index is 0.000000113. The number of benzene rings is 19. The van der Waals surface area contributed by atoms with Gasteiger partial charge in [0.15, 0.2) is 0 Å². The molecule has 0 atom stereocenters. The highest BCUT2D eigenvalue weighted by Gasteiger charge is 2.29. The monoisotopic (exact) mass is 1840 g/mol. The summed E-state index contributed by atoms with van der Waals surface area (Å²) in [5.41, 5.74) is 28.6. The van der Waals surface area contributed by atoms with Gasteiger partial charge in [0.1, 0.15) is 15.8 Å². The molecule has 1 aliphatic carbocycles. The van der Waals surface area contributed by atoms with Gasteiger partial charge in [-0.15, -0.1) is 11.3 Å². The summed E-state index contributed by atoms with van der Waals surface area (Å²) in [4.78, 5) is 12.0. The normalized spacial score (nSPS) is 11.7. The smallest absolute Gasteiger partial charge is 0.143 e. The second-order valence-corrected chi connectivity index (χ2v) is 35.5. The maximum atomic E-state index is 6.70. The first-order valence-electron chi connectivity index (χ1n) is 42.7. The number of aryl methyl sites for hydroxylation is 2. The van der Waals surface area contributed by atoms with Gasteiger partial charge in [0.25, 0.3) is 0 Å². The number of nitrogens with zero attached hydrogens (tertiary/aromatic N) is 5. The summed E-state index contributed by atoms with van der Waals surface area (Å²) >= 11 is 13.0. The maximum absolute atomic E-state index is 6.70. The van der Waals surface area contributed by atoms with Crippen LogP contribution in [0.4, 0.5) is 51.2 Å². The summed E-state index contributed by atoms with van der Waals surface area (Å²) in [6, 6.07) is 154. The maximum Gasteiger partial charge on any atom is 0.143 e. The number of pyridine rings is 1. The van der Waals surface area contributed by atoms with Gasteiger partial charge in [-0.1, -0.05) is 324 Å². The van der Waals surface area contributed by atoms with E-state index in [1.165, 1.54) is 125 Å². The molecule has 0 aliphatic heterocycles. The molecule has 19 aromatic carbocycles. The molecule has 0 amide bonds. The quantitative estimate of drug-likeness (QED) is 0.0756. The molecule has 604 valence electrons. The van der Waals surface area contributed by atoms with Crippen LogP contribution in [0.1, 0.15) is 16.7 Å². The molecular formula is C117H78Br3N5OS. The van der Waals surface area contributed by atoms with Gasteiger partial charge in [-0.25, -0.2) is 4.98 Å². The van der Waals surface area contributed by atoms with Gasteiger partial charge in [-0.2, -0.15) is 0 Å². The van der Waals surface area contributed by atoms with Crippen LogP contribution in [0.5, 0.6) is 0 Å². The van der Waals surface area contributed by atoms with E-state index < -0.39 is 0 Å². The zero-order valence-corrected chi connectivity index (χ0v) is 74.5. The molecule has 0 radical (unpaired) electrons. The number of halogens is 3. The standard InChI is InChI=1S/C40H27BrN2.C40H26BrNO.C37H25BrN2S/c41-36-26-30(25-29-13-10-11-20-34(29)36)28-23-24-35-39(27-28)43(33-18-8-3-9-19-33)38-22-12-21-37(40(35)38)42(31-14-4-1-5-15-31)32-16-6-2-7-17-32;1-2-26-22-24-28(25-23-26)42(27-12-4-3-5-13-27)39-32-17-9-7-15-30(32)29-14-6-8-16-31(29)37(39)33-18-10-19-34-38-35(41)20-11-21-36(38)43-40(33)34;38-35-14-6-11-32(39-35)30-9-5-13-34-36(30)31-10-4-12-33(37(31)41-34)40(29-22-19-26-15-16-27(26)23-29)28-20-17-25(18-21-28)24-7-2-1-3-8-24/h1-27H;2-25H,1H2;1-14,17-23H,15-16H2. The van der Waals surface area contributed by atoms with E-state index in [0.29, 0.717) is 0 Å². The molecule has 0 unspecified atom stereocenters. The fourth-order valence-corrected chi connectivity index (χ4v) is 21.4. The largest absolute Gasteiger partial charge is 0.455 e. The topological polar surface area (TPSA) is 40.7 Å². The number of fused-ring (bicyclic) bond motifs is 14. The van der Waals surface area contributed by atoms with Crippen LogP contribution in [-0.2, 0) is 12.8 Å². The number of hydrogen-bond donors (Lipinski definition) is 0. The molecule has 4 heterocycles. The highest BCUT2D eigenvalue weighted by molar-refractivity contribution is 9.11. The van der Waals surface area contributed by atoms with Gasteiger partial charge in [-0.3, -0.25) is 0 Å². The number of aromatic nitrogens is 2. The molecule has 0 N–H and O–H groups in total. The Kier molecular flexibility index (Phi) is 20.9. The van der Waals surface area contributed by atoms with Crippen molar-refractivity contribution in [3.05, 3.63) is 468 Å². The van der Waals surface area contributed by atoms with Crippen LogP contribution in [-0.4, -0.2) is 9.55 Å². The predicted octanol–water partition coefficient (Wildman–Crippen LogP) is 35.4. The Morgan fingerprint density at radius 2 is 0.882 bits per heavy atom. The van der Waals surface area contributed by atoms with Gasteiger partial charge in [0.2, 0.25) is 0 Å². The second kappa shape index (κ2) is 33.9. The zero-order valence-electron chi connectivity index (χ0n) is 68.9. The van der Waals surface area contributed by atoms with Gasteiger partial charge in [0.05, 0.1) is 38.5 Å². The molecule has 0 saturated carbocycles. The first-order valence-corrected chi connectivity index (χ1v) is 45.9. The average molecular weight is 1840 g/mol. The fourth-order valence-electron chi connectivity index (χ4n) is 18.6. The first kappa shape index (κ1) is 78.5. The summed E-state index contributed by atoms with van der Waals surface area (Å²) in [5.74, 6) is 0. The highest BCUT2D eigenvalue weighted by Crippen LogP contribution is 2.54. The van der Waals surface area contributed by atoms with Crippen LogP contribution in [0.15, 0.2) is 455 Å². The lowest BCUT2D eigenvalue weighted by molar-refractivity contribution is 0.670. The molecule has 0 spiro atoms. The minimum absolute atomic E-state index is 0.845. The van der Waals surface area contributed by atoms with E-state index in [1.54, 1.807) is 0 Å². The van der Waals surface area contributed by atoms with Crippen molar-refractivity contribution in [1.29, 1.82) is 0 Å². The summed E-state index contributed by atoms with van der Waals surface area (Å²) in [5, 5.41) is 14.3. The Morgan fingerprint density at radius 3 is 1.59 bits per heavy atom. The van der Waals surface area contributed by atoms with Gasteiger partial charge < -0.3 is 23.7 Å². The molecule has 0 fully saturated rings. The van der Waals surface area contributed by atoms with Crippen molar-refractivity contribution in [2.24, 2.45) is 0 Å². The minimum Gasteiger partial charge on any atom is -0.455 e. The Labute approximate surface area is 765 Å². The molecule has 0 saturated heterocycles. The van der Waals surface area contributed by atoms with Crippen LogP contribution in [0.25, 0.3) is 153 Å². The van der Waals surface area contributed by atoms with E-state index >= 15 is 0 Å². The lowest BCUT2D eigenvalue weighted by Gasteiger charge is -2.30. The van der Waals surface area contributed by atoms with E-state index in [1.807, 2.05) is 35.6 Å². The van der Waals surface area contributed by atoms with E-state index in [9.17, 15) is 0 Å². The van der Waals surface area contributed by atoms with Crippen LogP contribution in [0, 0.1) is 0 Å². The number of thiophene rings is 1. The third kappa shape index (κ3) is 14.5. The van der Waals surface area contributed by atoms with Crippen LogP contribution in [0.2, 0.25) is 0 Å². The summed E-state index contributed by atoms with van der Waals surface area (Å²) in [6.45, 7) is 3.98. The molecule has 6 nitrogen and oxygen atoms in total. The van der Waals surface area contributed by atoms with Gasteiger partial charge >= 0.3 is 0 Å². The van der Waals surface area contributed by atoms with Crippen molar-refractivity contribution in [3.63, 3.8) is 0 Å². The molecule has 10 heteroatoms. The molecule has 127 heavy (non-hydrogen) atoms. The van der Waals surface area contributed by atoms with E-state index in [2.05, 4.69) is 486 Å². The number of para-hydroxylation sites is 5. The van der Waals surface area contributed by atoms with Crippen molar-refractivity contribution < 1.29 is 4.42 Å². The Hall–Kier alpha value is -14.5. The van der Waals surface area contributed by atoms with E-state index in [0.717, 1.165) is 115 Å². The SMILES string of the molecule is Brc1cc(-c2ccc3c4c(N(c5ccccc5)c5ccccc5)cccc4n(-c4ccccc4)c3c2)cc2ccccc12.Brc1cccc(-c2cccc3sc4c(N(c5ccc(-c6ccccc6)cc5)c5ccc6c(c5)CC6)cccc4c23)n1.C=Cc1ccc(N(c2ccccc2)c2c(-c3cccc4c3oc3cccc(Br)c34)c3ccccc3c3ccccc23)cc1. The lowest BCUT2D eigenvalue weighted by Crippen LogP contribution is -2.14. The van der Waals surface area contributed by atoms with Crippen LogP contribution >= 0.6 is 59.1 Å². The molecule has 0 bridgehead atoms. The summed E-state index contributed by atoms with van der Waals surface area (Å²) in [6.07, 6.45) is 4.22. The Morgan fingerprint density at radius 1 is 0.339 bits per heavy atom. The lowest BCUT2D eigenvalue weighted by atomic mass is 9.88. The molecule has 4 aromatic heterocycles. The van der Waals surface area contributed by atoms with Crippen molar-refractivity contribution in [1.82, 2.24) is 9.55 Å². The third-order valence-corrected chi connectivity index (χ3v) is 27.5. The average Bonchev–Trinajstić information content (AvgIpc) is 1.73. The molecule has 24 rings (SSSR count). The van der Waals surface area contributed by atoms with Crippen LogP contribution in [0.3, 0.4) is 0 Å². The number of hydrogen-bond acceptors (Lipinski definition) is 6. The predicted molar refractivity (Wildman–Crippen MR) is 551 cm³/mol. The number of furan rings is 1. The number of rotatable bonds is 15. The van der Waals surface area contributed by atoms with Crippen molar-refractivity contribution in [2.75, 3.05) is 14.7 Å². The van der Waals surface area contributed by atoms with Crippen LogP contribution < -0.4 is 14.7 Å². The van der Waals surface area contributed by atoms with Gasteiger partial charge in [0, 0.05) is 108 Å². The van der Waals surface area contributed by atoms with Crippen molar-refractivity contribution in [3.8, 4) is 50.3 Å². The van der Waals surface area contributed by atoms with E-state index in [-0.39, 0.29) is 0 Å². The molecule has 1 aliphatic rings. The number of anilines is 9. The highest BCUT2D eigenvalue weighted by atomic mass is 79.9. The van der Waals surface area contributed by atoms with Crippen molar-refractivity contribution >= 4 is 213 Å². The molecular weight excluding hydrogens is 1760 g/mol. The zero-order chi connectivity index (χ0) is 85.0. The van der Waals surface area contributed by atoms with Gasteiger partial charge in [-0.05, 0) is 246 Å². The summed E-state index contributed by atoms with van der Waals surface area (Å²) < 4.78 is 14.6. The van der Waals surface area contributed by atoms with E-state index in [4.69, 9.17) is 9.40 Å². The fraction of sp³-hybridized carbons (Fsp3) is 0.0171. The molecule has 23 aromatic rings. The third-order valence-electron chi connectivity index (χ3n) is 24.5. The summed E-state index contributed by atoms with van der Waals surface area (Å²) in [7, 11) is 0. The Bertz CT molecular complexity index is 8100. The first-order chi connectivity index (χ1) is 62.7. The van der Waals surface area contributed by atoms with Crippen molar-refractivity contribution in [2.45, 2.75) is 12.8 Å².